The summed E-state index contributed by atoms with van der Waals surface area (Å²) in [5.41, 5.74) is 7.69. The molecule has 3 rings (SSSR count). The number of amides is 1. The Morgan fingerprint density at radius 3 is 3.00 bits per heavy atom. The molecule has 1 aromatic rings. The Labute approximate surface area is 123 Å². The summed E-state index contributed by atoms with van der Waals surface area (Å²) in [7, 11) is 0. The second-order valence-corrected chi connectivity index (χ2v) is 6.08. The lowest BCUT2D eigenvalue weighted by Gasteiger charge is -2.27. The molecule has 1 saturated heterocycles. The summed E-state index contributed by atoms with van der Waals surface area (Å²) in [5.74, 6) is 0.453. The van der Waals surface area contributed by atoms with Crippen molar-refractivity contribution in [2.75, 3.05) is 35.6 Å². The van der Waals surface area contributed by atoms with E-state index in [1.54, 1.807) is 6.07 Å². The molecule has 114 valence electrons. The third kappa shape index (κ3) is 2.90. The lowest BCUT2D eigenvalue weighted by Crippen LogP contribution is -2.29. The molecule has 1 amide bonds. The Balaban J connectivity index is 1.88. The van der Waals surface area contributed by atoms with Crippen molar-refractivity contribution in [3.63, 3.8) is 0 Å². The van der Waals surface area contributed by atoms with Crippen LogP contribution in [-0.2, 0) is 4.79 Å². The number of aliphatic hydroxyl groups is 1. The van der Waals surface area contributed by atoms with Crippen LogP contribution in [0.2, 0.25) is 0 Å². The summed E-state index contributed by atoms with van der Waals surface area (Å²) in [5, 5.41) is 13.0. The van der Waals surface area contributed by atoms with Crippen LogP contribution in [0.1, 0.15) is 26.2 Å². The maximum Gasteiger partial charge on any atom is 0.262 e. The third-order valence-corrected chi connectivity index (χ3v) is 4.17. The summed E-state index contributed by atoms with van der Waals surface area (Å²) in [4.78, 5) is 13.6. The standard InChI is InChI=1S/C15H21N3O3/c1-15(20)3-2-5-18(6-4-15)12-8-11-13(7-10(12)16)21-9-14(19)17-11/h7-8,20H,2-6,9,16H2,1H3,(H,17,19). The highest BCUT2D eigenvalue weighted by Crippen LogP contribution is 2.38. The van der Waals surface area contributed by atoms with E-state index < -0.39 is 5.60 Å². The minimum atomic E-state index is -0.616. The third-order valence-electron chi connectivity index (χ3n) is 4.17. The van der Waals surface area contributed by atoms with Crippen molar-refractivity contribution >= 4 is 23.0 Å². The van der Waals surface area contributed by atoms with Gasteiger partial charge in [0.1, 0.15) is 5.75 Å². The van der Waals surface area contributed by atoms with Gasteiger partial charge in [0.25, 0.3) is 5.91 Å². The van der Waals surface area contributed by atoms with E-state index in [-0.39, 0.29) is 12.5 Å². The number of ether oxygens (including phenoxy) is 1. The molecule has 0 aliphatic carbocycles. The molecule has 6 nitrogen and oxygen atoms in total. The Bertz CT molecular complexity index is 572. The highest BCUT2D eigenvalue weighted by atomic mass is 16.5. The van der Waals surface area contributed by atoms with Gasteiger partial charge in [-0.05, 0) is 32.3 Å². The SMILES string of the molecule is CC1(O)CCCN(c2cc3c(cc2N)OCC(=O)N3)CC1. The predicted octanol–water partition coefficient (Wildman–Crippen LogP) is 1.34. The molecule has 1 unspecified atom stereocenters. The summed E-state index contributed by atoms with van der Waals surface area (Å²) >= 11 is 0. The lowest BCUT2D eigenvalue weighted by atomic mass is 9.98. The fourth-order valence-electron chi connectivity index (χ4n) is 2.91. The summed E-state index contributed by atoms with van der Waals surface area (Å²) in [6.45, 7) is 3.48. The second kappa shape index (κ2) is 5.11. The first-order valence-electron chi connectivity index (χ1n) is 7.28. The van der Waals surface area contributed by atoms with Crippen LogP contribution in [0, 0.1) is 0 Å². The molecule has 4 N–H and O–H groups in total. The fraction of sp³-hybridized carbons (Fsp3) is 0.533. The van der Waals surface area contributed by atoms with Crippen molar-refractivity contribution in [3.8, 4) is 5.75 Å². The van der Waals surface area contributed by atoms with Crippen LogP contribution in [0.5, 0.6) is 5.75 Å². The zero-order chi connectivity index (χ0) is 15.0. The van der Waals surface area contributed by atoms with Crippen LogP contribution in [0.3, 0.4) is 0 Å². The Morgan fingerprint density at radius 1 is 1.38 bits per heavy atom. The number of hydrogen-bond acceptors (Lipinski definition) is 5. The van der Waals surface area contributed by atoms with Crippen LogP contribution in [-0.4, -0.2) is 36.3 Å². The first kappa shape index (κ1) is 14.0. The van der Waals surface area contributed by atoms with E-state index in [4.69, 9.17) is 10.5 Å². The average molecular weight is 291 g/mol. The lowest BCUT2D eigenvalue weighted by molar-refractivity contribution is -0.118. The minimum absolute atomic E-state index is 0.0262. The topological polar surface area (TPSA) is 87.8 Å². The van der Waals surface area contributed by atoms with E-state index in [2.05, 4.69) is 10.2 Å². The van der Waals surface area contributed by atoms with E-state index in [1.165, 1.54) is 0 Å². The molecule has 1 aromatic carbocycles. The highest BCUT2D eigenvalue weighted by Gasteiger charge is 2.27. The fourth-order valence-corrected chi connectivity index (χ4v) is 2.91. The number of carbonyl (C=O) groups is 1. The largest absolute Gasteiger partial charge is 0.482 e. The maximum atomic E-state index is 11.4. The molecule has 0 saturated carbocycles. The van der Waals surface area contributed by atoms with E-state index in [1.807, 2.05) is 13.0 Å². The molecule has 0 radical (unpaired) electrons. The molecule has 0 aromatic heterocycles. The van der Waals surface area contributed by atoms with Crippen molar-refractivity contribution in [2.24, 2.45) is 0 Å². The minimum Gasteiger partial charge on any atom is -0.482 e. The summed E-state index contributed by atoms with van der Waals surface area (Å²) in [6.07, 6.45) is 2.40. The first-order chi connectivity index (χ1) is 9.94. The Kier molecular flexibility index (Phi) is 3.41. The van der Waals surface area contributed by atoms with E-state index in [9.17, 15) is 9.90 Å². The van der Waals surface area contributed by atoms with Gasteiger partial charge in [-0.1, -0.05) is 0 Å². The molecular weight excluding hydrogens is 270 g/mol. The zero-order valence-corrected chi connectivity index (χ0v) is 12.2. The predicted molar refractivity (Wildman–Crippen MR) is 81.7 cm³/mol. The monoisotopic (exact) mass is 291 g/mol. The van der Waals surface area contributed by atoms with Crippen LogP contribution in [0.4, 0.5) is 17.1 Å². The van der Waals surface area contributed by atoms with Gasteiger partial charge in [-0.15, -0.1) is 0 Å². The van der Waals surface area contributed by atoms with Crippen molar-refractivity contribution in [1.82, 2.24) is 0 Å². The smallest absolute Gasteiger partial charge is 0.262 e. The van der Waals surface area contributed by atoms with Crippen LogP contribution < -0.4 is 20.7 Å². The van der Waals surface area contributed by atoms with Crippen LogP contribution >= 0.6 is 0 Å². The van der Waals surface area contributed by atoms with Gasteiger partial charge in [0, 0.05) is 19.2 Å². The normalized spacial score (nSPS) is 25.6. The average Bonchev–Trinajstić information content (AvgIpc) is 2.59. The van der Waals surface area contributed by atoms with Crippen LogP contribution in [0.15, 0.2) is 12.1 Å². The molecular formula is C15H21N3O3. The number of hydrogen-bond donors (Lipinski definition) is 3. The Hall–Kier alpha value is -1.95. The van der Waals surface area contributed by atoms with Gasteiger partial charge in [-0.25, -0.2) is 0 Å². The molecule has 21 heavy (non-hydrogen) atoms. The van der Waals surface area contributed by atoms with E-state index >= 15 is 0 Å². The molecule has 0 spiro atoms. The van der Waals surface area contributed by atoms with E-state index in [0.29, 0.717) is 23.5 Å². The number of nitrogen functional groups attached to an aromatic ring is 1. The quantitative estimate of drug-likeness (QED) is 0.680. The Morgan fingerprint density at radius 2 is 2.19 bits per heavy atom. The van der Waals surface area contributed by atoms with Gasteiger partial charge in [0.05, 0.1) is 22.7 Å². The number of carbonyl (C=O) groups excluding carboxylic acids is 1. The molecule has 1 atom stereocenters. The van der Waals surface area contributed by atoms with E-state index in [0.717, 1.165) is 31.6 Å². The maximum absolute atomic E-state index is 11.4. The molecule has 2 heterocycles. The number of anilines is 3. The van der Waals surface area contributed by atoms with Gasteiger partial charge < -0.3 is 25.8 Å². The van der Waals surface area contributed by atoms with Crippen molar-refractivity contribution in [3.05, 3.63) is 12.1 Å². The van der Waals surface area contributed by atoms with Crippen LogP contribution in [0.25, 0.3) is 0 Å². The number of fused-ring (bicyclic) bond motifs is 1. The van der Waals surface area contributed by atoms with Crippen molar-refractivity contribution < 1.29 is 14.6 Å². The first-order valence-corrected chi connectivity index (χ1v) is 7.28. The van der Waals surface area contributed by atoms with Gasteiger partial charge in [0.15, 0.2) is 6.61 Å². The molecule has 2 aliphatic heterocycles. The number of nitrogens with two attached hydrogens (primary N) is 1. The molecule has 0 bridgehead atoms. The molecule has 6 heteroatoms. The number of nitrogens with zero attached hydrogens (tertiary/aromatic N) is 1. The number of benzene rings is 1. The van der Waals surface area contributed by atoms with Crippen molar-refractivity contribution in [1.29, 1.82) is 0 Å². The molecule has 1 fully saturated rings. The van der Waals surface area contributed by atoms with Gasteiger partial charge in [-0.3, -0.25) is 4.79 Å². The molecule has 2 aliphatic rings. The summed E-state index contributed by atoms with van der Waals surface area (Å²) in [6, 6.07) is 3.62. The van der Waals surface area contributed by atoms with Gasteiger partial charge >= 0.3 is 0 Å². The summed E-state index contributed by atoms with van der Waals surface area (Å²) < 4.78 is 5.37. The van der Waals surface area contributed by atoms with Crippen molar-refractivity contribution in [2.45, 2.75) is 31.8 Å². The highest BCUT2D eigenvalue weighted by molar-refractivity contribution is 5.97. The number of nitrogens with one attached hydrogen (secondary N) is 1. The number of rotatable bonds is 1. The second-order valence-electron chi connectivity index (χ2n) is 6.08. The van der Waals surface area contributed by atoms with Gasteiger partial charge in [0.2, 0.25) is 0 Å². The zero-order valence-electron chi connectivity index (χ0n) is 12.2. The van der Waals surface area contributed by atoms with Gasteiger partial charge in [-0.2, -0.15) is 0 Å².